The second-order valence-corrected chi connectivity index (χ2v) is 20.1. The molecule has 0 radical (unpaired) electrons. The highest BCUT2D eigenvalue weighted by Crippen LogP contribution is 2.45. The Morgan fingerprint density at radius 1 is 0.397 bits per heavy atom. The number of rotatable bonds is 49. The standard InChI is InChI=1S/C51H92O15P2/c1-3-5-7-9-11-13-15-17-19-21-22-24-26-28-30-32-34-36-38-40-51(56)62-42-48(53)44-64-68(59,60)66-46-49(54)45-65-67(57,58)63-43-47(52)41-61-50(55)39-37-35-33-31-29-27-25-23-20-18-16-14-12-10-8-6-4-2/h6,8,12,14,18,20,25,27,31,33,47-49,52-54H,3-5,7,9-11,13,15-17,19,21-24,26,28-30,32,34-46H2,1-2H3,(H,57,58)(H,59,60)/b8-6-,14-12-,20-18-,27-25-,33-31-. The SMILES string of the molecule is CC/C=C\C/C=C\C/C=C\C/C=C\C/C=C\CCCC(=O)OCC(O)COP(=O)(O)OCC(O)COP(=O)(O)OCC(O)COC(=O)CCCCCCCCCCCCCCCCCCCCC. The van der Waals surface area contributed by atoms with Crippen molar-refractivity contribution >= 4 is 27.6 Å². The van der Waals surface area contributed by atoms with Crippen molar-refractivity contribution in [2.24, 2.45) is 0 Å². The number of ether oxygens (including phenoxy) is 2. The molecule has 0 aliphatic heterocycles. The number of hydrogen-bond donors (Lipinski definition) is 5. The molecule has 0 bridgehead atoms. The van der Waals surface area contributed by atoms with E-state index in [0.29, 0.717) is 19.3 Å². The van der Waals surface area contributed by atoms with E-state index in [9.17, 15) is 43.8 Å². The van der Waals surface area contributed by atoms with Gasteiger partial charge in [0, 0.05) is 12.8 Å². The zero-order chi connectivity index (χ0) is 50.2. The number of phosphoric ester groups is 2. The lowest BCUT2D eigenvalue weighted by molar-refractivity contribution is -0.148. The number of esters is 2. The van der Waals surface area contributed by atoms with E-state index < -0.39 is 85.5 Å². The minimum atomic E-state index is -4.80. The van der Waals surface area contributed by atoms with E-state index in [1.54, 1.807) is 0 Å². The van der Waals surface area contributed by atoms with Crippen LogP contribution >= 0.6 is 15.6 Å². The van der Waals surface area contributed by atoms with E-state index >= 15 is 0 Å². The largest absolute Gasteiger partial charge is 0.472 e. The Morgan fingerprint density at radius 2 is 0.676 bits per heavy atom. The van der Waals surface area contributed by atoms with Gasteiger partial charge >= 0.3 is 27.6 Å². The molecule has 15 nitrogen and oxygen atoms in total. The first-order chi connectivity index (χ1) is 32.8. The van der Waals surface area contributed by atoms with Crippen LogP contribution in [-0.2, 0) is 46.3 Å². The maximum Gasteiger partial charge on any atom is 0.472 e. The fraction of sp³-hybridized carbons (Fsp3) is 0.765. The van der Waals surface area contributed by atoms with Crippen molar-refractivity contribution in [3.8, 4) is 0 Å². The van der Waals surface area contributed by atoms with Gasteiger partial charge in [0.15, 0.2) is 0 Å². The van der Waals surface area contributed by atoms with E-state index in [-0.39, 0.29) is 12.8 Å². The number of carbonyl (C=O) groups is 2. The van der Waals surface area contributed by atoms with E-state index in [2.05, 4.69) is 76.0 Å². The lowest BCUT2D eigenvalue weighted by Gasteiger charge is -2.19. The summed E-state index contributed by atoms with van der Waals surface area (Å²) in [6.45, 7) is 0.259. The summed E-state index contributed by atoms with van der Waals surface area (Å²) in [4.78, 5) is 43.8. The second-order valence-electron chi connectivity index (χ2n) is 17.2. The van der Waals surface area contributed by atoms with Gasteiger partial charge in [0.05, 0.1) is 26.4 Å². The van der Waals surface area contributed by atoms with Crippen LogP contribution in [0, 0.1) is 0 Å². The van der Waals surface area contributed by atoms with Crippen LogP contribution in [0.15, 0.2) is 60.8 Å². The third kappa shape index (κ3) is 48.8. The molecule has 0 aliphatic carbocycles. The highest BCUT2D eigenvalue weighted by molar-refractivity contribution is 7.47. The fourth-order valence-electron chi connectivity index (χ4n) is 6.54. The van der Waals surface area contributed by atoms with Crippen molar-refractivity contribution in [3.05, 3.63) is 60.8 Å². The Kier molecular flexibility index (Phi) is 45.5. The first kappa shape index (κ1) is 65.7. The summed E-state index contributed by atoms with van der Waals surface area (Å²) < 4.78 is 53.0. The Balaban J connectivity index is 3.90. The van der Waals surface area contributed by atoms with Crippen molar-refractivity contribution in [1.29, 1.82) is 0 Å². The van der Waals surface area contributed by atoms with Crippen LogP contribution in [0.3, 0.4) is 0 Å². The van der Waals surface area contributed by atoms with Gasteiger partial charge in [0.2, 0.25) is 0 Å². The minimum Gasteiger partial charge on any atom is -0.463 e. The molecule has 0 saturated carbocycles. The molecule has 0 rings (SSSR count). The summed E-state index contributed by atoms with van der Waals surface area (Å²) in [6.07, 6.45) is 46.5. The van der Waals surface area contributed by atoms with E-state index in [1.165, 1.54) is 96.3 Å². The van der Waals surface area contributed by atoms with Crippen molar-refractivity contribution in [2.75, 3.05) is 39.6 Å². The van der Waals surface area contributed by atoms with Crippen molar-refractivity contribution < 1.29 is 71.4 Å². The van der Waals surface area contributed by atoms with Crippen molar-refractivity contribution in [3.63, 3.8) is 0 Å². The van der Waals surface area contributed by atoms with Crippen molar-refractivity contribution in [1.82, 2.24) is 0 Å². The molecule has 68 heavy (non-hydrogen) atoms. The van der Waals surface area contributed by atoms with Crippen LogP contribution in [0.1, 0.15) is 194 Å². The van der Waals surface area contributed by atoms with E-state index in [0.717, 1.165) is 51.4 Å². The number of allylic oxidation sites excluding steroid dienone is 10. The van der Waals surface area contributed by atoms with Gasteiger partial charge < -0.3 is 34.6 Å². The van der Waals surface area contributed by atoms with Crippen LogP contribution in [0.2, 0.25) is 0 Å². The van der Waals surface area contributed by atoms with Gasteiger partial charge in [-0.3, -0.25) is 27.7 Å². The van der Waals surface area contributed by atoms with Crippen LogP contribution in [-0.4, -0.2) is 95.0 Å². The highest BCUT2D eigenvalue weighted by Gasteiger charge is 2.28. The third-order valence-corrected chi connectivity index (χ3v) is 12.4. The quantitative estimate of drug-likeness (QED) is 0.0165. The zero-order valence-electron chi connectivity index (χ0n) is 41.8. The number of hydrogen-bond acceptors (Lipinski definition) is 13. The molecule has 0 saturated heterocycles. The monoisotopic (exact) mass is 1010 g/mol. The third-order valence-electron chi connectivity index (χ3n) is 10.5. The number of carbonyl (C=O) groups excluding carboxylic acids is 2. The summed E-state index contributed by atoms with van der Waals surface area (Å²) in [5.41, 5.74) is 0. The molecule has 5 atom stereocenters. The molecule has 17 heteroatoms. The molecule has 396 valence electrons. The molecule has 0 aliphatic rings. The average Bonchev–Trinajstić information content (AvgIpc) is 3.31. The molecule has 0 amide bonds. The van der Waals surface area contributed by atoms with E-state index in [4.69, 9.17) is 14.0 Å². The van der Waals surface area contributed by atoms with Gasteiger partial charge in [-0.2, -0.15) is 0 Å². The molecule has 0 fully saturated rings. The number of phosphoric acid groups is 2. The topological polar surface area (TPSA) is 225 Å². The highest BCUT2D eigenvalue weighted by atomic mass is 31.2. The summed E-state index contributed by atoms with van der Waals surface area (Å²) in [5, 5.41) is 30.1. The summed E-state index contributed by atoms with van der Waals surface area (Å²) >= 11 is 0. The molecule has 5 N–H and O–H groups in total. The molecule has 0 aromatic heterocycles. The Labute approximate surface area is 410 Å². The molecule has 0 aromatic carbocycles. The Hall–Kier alpha value is -2.26. The molecule has 0 spiro atoms. The van der Waals surface area contributed by atoms with Gasteiger partial charge in [0.25, 0.3) is 0 Å². The normalized spacial score (nSPS) is 15.5. The Morgan fingerprint density at radius 3 is 1.01 bits per heavy atom. The van der Waals surface area contributed by atoms with Gasteiger partial charge in [-0.05, 0) is 51.4 Å². The predicted molar refractivity (Wildman–Crippen MR) is 270 cm³/mol. The zero-order valence-corrected chi connectivity index (χ0v) is 43.5. The molecule has 0 heterocycles. The van der Waals surface area contributed by atoms with Crippen LogP contribution < -0.4 is 0 Å². The first-order valence-electron chi connectivity index (χ1n) is 25.6. The summed E-state index contributed by atoms with van der Waals surface area (Å²) in [6, 6.07) is 0. The number of aliphatic hydroxyl groups is 3. The van der Waals surface area contributed by atoms with Gasteiger partial charge in [-0.15, -0.1) is 0 Å². The fourth-order valence-corrected chi connectivity index (χ4v) is 8.13. The lowest BCUT2D eigenvalue weighted by atomic mass is 10.0. The first-order valence-corrected chi connectivity index (χ1v) is 28.6. The summed E-state index contributed by atoms with van der Waals surface area (Å²) in [7, 11) is -9.59. The van der Waals surface area contributed by atoms with Crippen LogP contribution in [0.5, 0.6) is 0 Å². The summed E-state index contributed by atoms with van der Waals surface area (Å²) in [5.74, 6) is -1.05. The minimum absolute atomic E-state index is 0.116. The van der Waals surface area contributed by atoms with Crippen LogP contribution in [0.4, 0.5) is 0 Å². The van der Waals surface area contributed by atoms with Gasteiger partial charge in [-0.25, -0.2) is 9.13 Å². The predicted octanol–water partition coefficient (Wildman–Crippen LogP) is 12.2. The maximum atomic E-state index is 12.2. The molecule has 0 aromatic rings. The van der Waals surface area contributed by atoms with E-state index in [1.807, 2.05) is 12.2 Å². The second kappa shape index (κ2) is 47.1. The number of unbranched alkanes of at least 4 members (excludes halogenated alkanes) is 19. The number of aliphatic hydroxyl groups excluding tert-OH is 3. The Bertz CT molecular complexity index is 1450. The lowest BCUT2D eigenvalue weighted by Crippen LogP contribution is -2.25. The molecular formula is C51H92O15P2. The maximum absolute atomic E-state index is 12.2. The average molecular weight is 1010 g/mol. The van der Waals surface area contributed by atoms with Gasteiger partial charge in [0.1, 0.15) is 31.5 Å². The van der Waals surface area contributed by atoms with Crippen LogP contribution in [0.25, 0.3) is 0 Å². The van der Waals surface area contributed by atoms with Gasteiger partial charge in [-0.1, -0.05) is 190 Å². The van der Waals surface area contributed by atoms with Crippen molar-refractivity contribution in [2.45, 2.75) is 212 Å². The smallest absolute Gasteiger partial charge is 0.463 e. The molecular weight excluding hydrogens is 914 g/mol. The molecule has 5 unspecified atom stereocenters.